The van der Waals surface area contributed by atoms with Crippen molar-refractivity contribution in [2.24, 2.45) is 0 Å². The number of carbonyl (C=O) groups excluding carboxylic acids is 1. The van der Waals surface area contributed by atoms with Crippen molar-refractivity contribution >= 4 is 5.97 Å². The number of rotatable bonds is 8. The molecular weight excluding hydrogens is 414 g/mol. The number of esters is 1. The number of aryl methyl sites for hydroxylation is 1. The standard InChI is InChI=1S/C27H31N3O3/c1-30(18-8-13-24-21-28-16-17-29-24)19-14-25(15-20-30)33-26(31)27(32,22-9-4-2-5-10-22)23-11-6-3-7-12-23/h2-7,9-12,16-17,21,25H,8,13-15,18-20H2,1H3. The van der Waals surface area contributed by atoms with Gasteiger partial charge >= 0.3 is 5.97 Å². The molecule has 3 aromatic rings. The fourth-order valence-electron chi connectivity index (χ4n) is 4.59. The number of hydrogen-bond acceptors (Lipinski definition) is 5. The van der Waals surface area contributed by atoms with Crippen LogP contribution >= 0.6 is 0 Å². The summed E-state index contributed by atoms with van der Waals surface area (Å²) in [5.41, 5.74) is -0.251. The van der Waals surface area contributed by atoms with Crippen LogP contribution in [0.3, 0.4) is 0 Å². The van der Waals surface area contributed by atoms with E-state index in [1.165, 1.54) is 0 Å². The molecule has 0 unspecified atom stereocenters. The van der Waals surface area contributed by atoms with Crippen molar-refractivity contribution in [2.75, 3.05) is 26.7 Å². The minimum atomic E-state index is -2.07. The Morgan fingerprint density at radius 3 is 2.18 bits per heavy atom. The molecule has 2 heterocycles. The molecule has 0 spiro atoms. The van der Waals surface area contributed by atoms with Crippen molar-refractivity contribution in [1.82, 2.24) is 9.97 Å². The maximum Gasteiger partial charge on any atom is 0.304 e. The van der Waals surface area contributed by atoms with Crippen LogP contribution in [0.5, 0.6) is 0 Å². The first-order chi connectivity index (χ1) is 16.0. The third-order valence-corrected chi connectivity index (χ3v) is 6.65. The molecule has 33 heavy (non-hydrogen) atoms. The monoisotopic (exact) mass is 445 g/mol. The van der Waals surface area contributed by atoms with E-state index < -0.39 is 11.6 Å². The fraction of sp³-hybridized carbons (Fsp3) is 0.370. The van der Waals surface area contributed by atoms with Crippen molar-refractivity contribution in [3.8, 4) is 0 Å². The van der Waals surface area contributed by atoms with Gasteiger partial charge in [-0.3, -0.25) is 14.8 Å². The van der Waals surface area contributed by atoms with Crippen molar-refractivity contribution in [3.05, 3.63) is 96.1 Å². The molecule has 4 rings (SSSR count). The van der Waals surface area contributed by atoms with E-state index in [2.05, 4.69) is 17.0 Å². The maximum absolute atomic E-state index is 14.0. The van der Waals surface area contributed by atoms with Crippen LogP contribution in [0.4, 0.5) is 0 Å². The molecular formula is C27H31N3O3. The molecule has 172 valence electrons. The van der Waals surface area contributed by atoms with Gasteiger partial charge < -0.3 is 14.3 Å². The van der Waals surface area contributed by atoms with Gasteiger partial charge in [-0.25, -0.2) is 0 Å². The molecule has 0 saturated carbocycles. The van der Waals surface area contributed by atoms with Gasteiger partial charge in [-0.15, -0.1) is 0 Å². The van der Waals surface area contributed by atoms with Crippen molar-refractivity contribution in [2.45, 2.75) is 37.4 Å². The van der Waals surface area contributed by atoms with Crippen molar-refractivity contribution in [3.63, 3.8) is 0 Å². The first kappa shape index (κ1) is 23.1. The molecule has 0 atom stereocenters. The minimum absolute atomic E-state index is 0.232. The van der Waals surface area contributed by atoms with Gasteiger partial charge in [0.15, 0.2) is 0 Å². The molecule has 0 N–H and O–H groups in total. The number of aromatic nitrogens is 2. The van der Waals surface area contributed by atoms with Gasteiger partial charge in [0.2, 0.25) is 0 Å². The number of ether oxygens (including phenoxy) is 1. The van der Waals surface area contributed by atoms with Gasteiger partial charge in [-0.05, 0) is 17.5 Å². The van der Waals surface area contributed by atoms with Crippen LogP contribution in [0, 0.1) is 0 Å². The maximum atomic E-state index is 14.0. The highest BCUT2D eigenvalue weighted by Gasteiger charge is 2.36. The largest absolute Gasteiger partial charge is 0.834 e. The first-order valence-corrected chi connectivity index (χ1v) is 11.6. The average molecular weight is 446 g/mol. The normalized spacial score (nSPS) is 20.8. The molecule has 2 aromatic carbocycles. The Labute approximate surface area is 195 Å². The molecule has 6 heteroatoms. The lowest BCUT2D eigenvalue weighted by Gasteiger charge is -2.43. The molecule has 0 aliphatic carbocycles. The zero-order valence-corrected chi connectivity index (χ0v) is 19.1. The lowest BCUT2D eigenvalue weighted by Crippen LogP contribution is -2.54. The highest BCUT2D eigenvalue weighted by Crippen LogP contribution is 2.30. The van der Waals surface area contributed by atoms with E-state index in [-0.39, 0.29) is 6.10 Å². The molecule has 0 amide bonds. The molecule has 1 aromatic heterocycles. The molecule has 0 bridgehead atoms. The Hall–Kier alpha value is -3.09. The number of hydrogen-bond donors (Lipinski definition) is 0. The summed E-state index contributed by atoms with van der Waals surface area (Å²) >= 11 is 0. The highest BCUT2D eigenvalue weighted by atomic mass is 16.6. The van der Waals surface area contributed by atoms with E-state index in [1.54, 1.807) is 60.9 Å². The van der Waals surface area contributed by atoms with Gasteiger partial charge in [-0.2, -0.15) is 0 Å². The number of benzene rings is 2. The number of nitrogens with zero attached hydrogens (tertiary/aromatic N) is 3. The van der Waals surface area contributed by atoms with Crippen LogP contribution in [-0.2, 0) is 21.6 Å². The minimum Gasteiger partial charge on any atom is -0.834 e. The highest BCUT2D eigenvalue weighted by molar-refractivity contribution is 5.85. The summed E-state index contributed by atoms with van der Waals surface area (Å²) in [5.74, 6) is -0.719. The molecule has 1 aliphatic heterocycles. The number of piperidine rings is 1. The molecule has 1 aliphatic rings. The summed E-state index contributed by atoms with van der Waals surface area (Å²) < 4.78 is 6.79. The Morgan fingerprint density at radius 2 is 1.64 bits per heavy atom. The Kier molecular flexibility index (Phi) is 7.16. The summed E-state index contributed by atoms with van der Waals surface area (Å²) in [4.78, 5) is 21.7. The molecule has 0 radical (unpaired) electrons. The lowest BCUT2D eigenvalue weighted by atomic mass is 9.86. The van der Waals surface area contributed by atoms with Gasteiger partial charge in [-0.1, -0.05) is 60.7 Å². The number of likely N-dealkylation sites (tertiary alicyclic amines) is 1. The second-order valence-corrected chi connectivity index (χ2v) is 9.11. The van der Waals surface area contributed by atoms with E-state index in [0.29, 0.717) is 11.1 Å². The zero-order valence-electron chi connectivity index (χ0n) is 19.1. The van der Waals surface area contributed by atoms with Crippen LogP contribution in [0.15, 0.2) is 79.3 Å². The zero-order chi connectivity index (χ0) is 23.2. The predicted octanol–water partition coefficient (Wildman–Crippen LogP) is 2.87. The van der Waals surface area contributed by atoms with Crippen LogP contribution < -0.4 is 5.11 Å². The van der Waals surface area contributed by atoms with Crippen LogP contribution in [0.25, 0.3) is 0 Å². The van der Waals surface area contributed by atoms with E-state index >= 15 is 0 Å². The predicted molar refractivity (Wildman–Crippen MR) is 124 cm³/mol. The van der Waals surface area contributed by atoms with E-state index in [0.717, 1.165) is 55.5 Å². The third-order valence-electron chi connectivity index (χ3n) is 6.65. The van der Waals surface area contributed by atoms with Gasteiger partial charge in [0.1, 0.15) is 6.10 Å². The molecule has 1 fully saturated rings. The molecule has 1 saturated heterocycles. The summed E-state index contributed by atoms with van der Waals surface area (Å²) in [6.07, 6.45) is 8.46. The average Bonchev–Trinajstić information content (AvgIpc) is 2.87. The van der Waals surface area contributed by atoms with E-state index in [9.17, 15) is 9.90 Å². The lowest BCUT2D eigenvalue weighted by molar-refractivity contribution is -0.915. The van der Waals surface area contributed by atoms with Gasteiger partial charge in [0, 0.05) is 43.5 Å². The van der Waals surface area contributed by atoms with Crippen molar-refractivity contribution < 1.29 is 19.1 Å². The SMILES string of the molecule is C[N+]1(CCCc2cnccn2)CCC(OC(=O)C([O-])(c2ccccc2)c2ccccc2)CC1. The van der Waals surface area contributed by atoms with E-state index in [4.69, 9.17) is 4.74 Å². The van der Waals surface area contributed by atoms with Gasteiger partial charge in [0.05, 0.1) is 32.4 Å². The Morgan fingerprint density at radius 1 is 1.03 bits per heavy atom. The quantitative estimate of drug-likeness (QED) is 0.394. The third kappa shape index (κ3) is 5.46. The number of quaternary nitrogens is 1. The smallest absolute Gasteiger partial charge is 0.304 e. The van der Waals surface area contributed by atoms with E-state index in [1.807, 2.05) is 18.3 Å². The Bertz CT molecular complexity index is 981. The Balaban J connectivity index is 1.37. The summed E-state index contributed by atoms with van der Waals surface area (Å²) in [5, 5.41) is 14.0. The summed E-state index contributed by atoms with van der Waals surface area (Å²) in [6, 6.07) is 17.6. The first-order valence-electron chi connectivity index (χ1n) is 11.6. The summed E-state index contributed by atoms with van der Waals surface area (Å²) in [7, 11) is 2.25. The van der Waals surface area contributed by atoms with Crippen LogP contribution in [0.2, 0.25) is 0 Å². The van der Waals surface area contributed by atoms with Crippen LogP contribution in [-0.4, -0.2) is 53.2 Å². The second kappa shape index (κ2) is 10.2. The van der Waals surface area contributed by atoms with Crippen molar-refractivity contribution in [1.29, 1.82) is 0 Å². The van der Waals surface area contributed by atoms with Crippen LogP contribution in [0.1, 0.15) is 36.1 Å². The summed E-state index contributed by atoms with van der Waals surface area (Å²) in [6.45, 7) is 2.87. The fourth-order valence-corrected chi connectivity index (χ4v) is 4.59. The topological polar surface area (TPSA) is 75.1 Å². The number of carbonyl (C=O) groups is 1. The molecule has 6 nitrogen and oxygen atoms in total. The second-order valence-electron chi connectivity index (χ2n) is 9.11. The van der Waals surface area contributed by atoms with Gasteiger partial charge in [0.25, 0.3) is 0 Å².